The van der Waals surface area contributed by atoms with Gasteiger partial charge in [0.1, 0.15) is 0 Å². The van der Waals surface area contributed by atoms with E-state index in [-0.39, 0.29) is 5.97 Å². The normalized spacial score (nSPS) is 12.0. The molecule has 0 aromatic carbocycles. The largest absolute Gasteiger partial charge is 0.466 e. The number of allylic oxidation sites excluding steroid dienone is 1. The Balaban J connectivity index is 3.39. The molecule has 0 rings (SSSR count). The van der Waals surface area contributed by atoms with E-state index in [1.165, 1.54) is 26.0 Å². The minimum atomic E-state index is -0.263. The molecule has 82 valence electrons. The standard InChI is InChI=1S/C12H22O2/c1-12(2,3)10-8-6-5-7-9-11(13)14-4/h7,9H,5-6,8,10H2,1-4H3/b9-7+. The van der Waals surface area contributed by atoms with Crippen LogP contribution in [-0.2, 0) is 9.53 Å². The number of methoxy groups -OCH3 is 1. The molecule has 0 unspecified atom stereocenters. The Morgan fingerprint density at radius 1 is 1.29 bits per heavy atom. The molecule has 0 radical (unpaired) electrons. The van der Waals surface area contributed by atoms with E-state index in [0.717, 1.165) is 12.8 Å². The number of unbranched alkanes of at least 4 members (excludes halogenated alkanes) is 2. The summed E-state index contributed by atoms with van der Waals surface area (Å²) in [6, 6.07) is 0. The Morgan fingerprint density at radius 2 is 1.93 bits per heavy atom. The van der Waals surface area contributed by atoms with E-state index in [1.807, 2.05) is 6.08 Å². The highest BCUT2D eigenvalue weighted by Gasteiger charge is 2.08. The molecule has 0 amide bonds. The van der Waals surface area contributed by atoms with E-state index in [2.05, 4.69) is 25.5 Å². The lowest BCUT2D eigenvalue weighted by atomic mass is 9.89. The summed E-state index contributed by atoms with van der Waals surface area (Å²) in [6.45, 7) is 6.74. The van der Waals surface area contributed by atoms with E-state index in [0.29, 0.717) is 5.41 Å². The molecule has 14 heavy (non-hydrogen) atoms. The highest BCUT2D eigenvalue weighted by molar-refractivity contribution is 5.81. The summed E-state index contributed by atoms with van der Waals surface area (Å²) in [5.74, 6) is -0.263. The summed E-state index contributed by atoms with van der Waals surface area (Å²) in [4.78, 5) is 10.7. The van der Waals surface area contributed by atoms with Crippen LogP contribution in [0.3, 0.4) is 0 Å². The fraction of sp³-hybridized carbons (Fsp3) is 0.750. The first-order valence-corrected chi connectivity index (χ1v) is 5.20. The van der Waals surface area contributed by atoms with Gasteiger partial charge in [-0.05, 0) is 24.7 Å². The number of esters is 1. The van der Waals surface area contributed by atoms with Crippen LogP contribution in [0.5, 0.6) is 0 Å². The van der Waals surface area contributed by atoms with Gasteiger partial charge < -0.3 is 4.74 Å². The Hall–Kier alpha value is -0.790. The van der Waals surface area contributed by atoms with Gasteiger partial charge in [0.2, 0.25) is 0 Å². The van der Waals surface area contributed by atoms with E-state index in [9.17, 15) is 4.79 Å². The maximum absolute atomic E-state index is 10.7. The molecule has 0 aromatic rings. The number of rotatable bonds is 5. The van der Waals surface area contributed by atoms with Gasteiger partial charge in [-0.1, -0.05) is 33.3 Å². The second kappa shape index (κ2) is 6.63. The van der Waals surface area contributed by atoms with E-state index < -0.39 is 0 Å². The van der Waals surface area contributed by atoms with Crippen molar-refractivity contribution in [2.75, 3.05) is 7.11 Å². The van der Waals surface area contributed by atoms with Crippen LogP contribution in [0.4, 0.5) is 0 Å². The second-order valence-electron chi connectivity index (χ2n) is 4.73. The lowest BCUT2D eigenvalue weighted by Crippen LogP contribution is -2.03. The summed E-state index contributed by atoms with van der Waals surface area (Å²) >= 11 is 0. The van der Waals surface area contributed by atoms with Crippen LogP contribution >= 0.6 is 0 Å². The van der Waals surface area contributed by atoms with Gasteiger partial charge in [-0.3, -0.25) is 0 Å². The zero-order valence-electron chi connectivity index (χ0n) is 9.80. The smallest absolute Gasteiger partial charge is 0.330 e. The topological polar surface area (TPSA) is 26.3 Å². The highest BCUT2D eigenvalue weighted by Crippen LogP contribution is 2.21. The number of carbonyl (C=O) groups excluding carboxylic acids is 1. The summed E-state index contributed by atoms with van der Waals surface area (Å²) in [6.07, 6.45) is 7.94. The van der Waals surface area contributed by atoms with Crippen molar-refractivity contribution in [3.8, 4) is 0 Å². The van der Waals surface area contributed by atoms with Crippen molar-refractivity contribution in [3.63, 3.8) is 0 Å². The van der Waals surface area contributed by atoms with Crippen molar-refractivity contribution in [3.05, 3.63) is 12.2 Å². The van der Waals surface area contributed by atoms with Crippen LogP contribution < -0.4 is 0 Å². The molecule has 0 heterocycles. The molecule has 2 heteroatoms. The van der Waals surface area contributed by atoms with Crippen LogP contribution in [0.25, 0.3) is 0 Å². The number of carbonyl (C=O) groups is 1. The van der Waals surface area contributed by atoms with Gasteiger partial charge >= 0.3 is 5.97 Å². The maximum atomic E-state index is 10.7. The molecule has 0 N–H and O–H groups in total. The monoisotopic (exact) mass is 198 g/mol. The summed E-state index contributed by atoms with van der Waals surface area (Å²) in [5.41, 5.74) is 0.423. The van der Waals surface area contributed by atoms with Gasteiger partial charge in [-0.15, -0.1) is 0 Å². The van der Waals surface area contributed by atoms with Gasteiger partial charge in [0, 0.05) is 6.08 Å². The average Bonchev–Trinajstić information content (AvgIpc) is 2.08. The maximum Gasteiger partial charge on any atom is 0.330 e. The van der Waals surface area contributed by atoms with Gasteiger partial charge in [0.15, 0.2) is 0 Å². The van der Waals surface area contributed by atoms with E-state index >= 15 is 0 Å². The molecule has 0 saturated heterocycles. The predicted molar refractivity (Wildman–Crippen MR) is 59.1 cm³/mol. The van der Waals surface area contributed by atoms with Crippen LogP contribution in [0.15, 0.2) is 12.2 Å². The molecule has 0 aromatic heterocycles. The van der Waals surface area contributed by atoms with Crippen LogP contribution in [0.1, 0.15) is 46.5 Å². The lowest BCUT2D eigenvalue weighted by Gasteiger charge is -2.16. The first kappa shape index (κ1) is 13.2. The predicted octanol–water partition coefficient (Wildman–Crippen LogP) is 3.32. The minimum Gasteiger partial charge on any atom is -0.466 e. The van der Waals surface area contributed by atoms with Crippen molar-refractivity contribution in [2.24, 2.45) is 5.41 Å². The Bertz CT molecular complexity index is 187. The van der Waals surface area contributed by atoms with Crippen molar-refractivity contribution >= 4 is 5.97 Å². The number of hydrogen-bond acceptors (Lipinski definition) is 2. The highest BCUT2D eigenvalue weighted by atomic mass is 16.5. The van der Waals surface area contributed by atoms with Crippen molar-refractivity contribution in [2.45, 2.75) is 46.5 Å². The molecular weight excluding hydrogens is 176 g/mol. The second-order valence-corrected chi connectivity index (χ2v) is 4.73. The number of ether oxygens (including phenoxy) is 1. The SMILES string of the molecule is COC(=O)/C=C/CCCCC(C)(C)C. The zero-order chi connectivity index (χ0) is 11.0. The lowest BCUT2D eigenvalue weighted by molar-refractivity contribution is -0.134. The van der Waals surface area contributed by atoms with E-state index in [1.54, 1.807) is 0 Å². The average molecular weight is 198 g/mol. The number of hydrogen-bond donors (Lipinski definition) is 0. The van der Waals surface area contributed by atoms with Crippen LogP contribution in [0.2, 0.25) is 0 Å². The quantitative estimate of drug-likeness (QED) is 0.385. The van der Waals surface area contributed by atoms with Gasteiger partial charge in [0.25, 0.3) is 0 Å². The van der Waals surface area contributed by atoms with Crippen LogP contribution in [0, 0.1) is 5.41 Å². The Morgan fingerprint density at radius 3 is 2.43 bits per heavy atom. The molecule has 0 aliphatic carbocycles. The molecule has 0 aliphatic heterocycles. The van der Waals surface area contributed by atoms with Crippen LogP contribution in [-0.4, -0.2) is 13.1 Å². The fourth-order valence-electron chi connectivity index (χ4n) is 1.17. The van der Waals surface area contributed by atoms with E-state index in [4.69, 9.17) is 0 Å². The Labute approximate surface area is 87.3 Å². The molecule has 0 saturated carbocycles. The van der Waals surface area contributed by atoms with Gasteiger partial charge in [-0.25, -0.2) is 4.79 Å². The molecule has 0 fully saturated rings. The first-order valence-electron chi connectivity index (χ1n) is 5.20. The third-order valence-electron chi connectivity index (χ3n) is 2.00. The van der Waals surface area contributed by atoms with Crippen molar-refractivity contribution in [1.29, 1.82) is 0 Å². The summed E-state index contributed by atoms with van der Waals surface area (Å²) < 4.78 is 4.49. The Kier molecular flexibility index (Phi) is 6.26. The summed E-state index contributed by atoms with van der Waals surface area (Å²) in [5, 5.41) is 0. The fourth-order valence-corrected chi connectivity index (χ4v) is 1.17. The van der Waals surface area contributed by atoms with Crippen molar-refractivity contribution < 1.29 is 9.53 Å². The third kappa shape index (κ3) is 9.30. The van der Waals surface area contributed by atoms with Crippen molar-refractivity contribution in [1.82, 2.24) is 0 Å². The minimum absolute atomic E-state index is 0.263. The van der Waals surface area contributed by atoms with Gasteiger partial charge in [-0.2, -0.15) is 0 Å². The first-order chi connectivity index (χ1) is 6.45. The summed E-state index contributed by atoms with van der Waals surface area (Å²) in [7, 11) is 1.40. The molecule has 0 atom stereocenters. The molecule has 0 aliphatic rings. The zero-order valence-corrected chi connectivity index (χ0v) is 9.80. The molecule has 0 bridgehead atoms. The molecular formula is C12H22O2. The molecule has 0 spiro atoms. The third-order valence-corrected chi connectivity index (χ3v) is 2.00. The molecule has 2 nitrogen and oxygen atoms in total. The van der Waals surface area contributed by atoms with Gasteiger partial charge in [0.05, 0.1) is 7.11 Å².